The Morgan fingerprint density at radius 1 is 1.41 bits per heavy atom. The van der Waals surface area contributed by atoms with Gasteiger partial charge in [0.15, 0.2) is 0 Å². The van der Waals surface area contributed by atoms with Crippen molar-refractivity contribution in [2.45, 2.75) is 19.4 Å². The standard InChI is InChI=1S/C13H20N2OS/c1-16-13-4-2-3-12(15-13)10-14-9-11-5-7-17-8-6-11/h2-4,11,14H,5-10H2,1H3. The third kappa shape index (κ3) is 4.21. The molecule has 1 aromatic heterocycles. The molecule has 1 aliphatic heterocycles. The summed E-state index contributed by atoms with van der Waals surface area (Å²) in [6.45, 7) is 1.94. The number of hydrogen-bond acceptors (Lipinski definition) is 4. The van der Waals surface area contributed by atoms with Gasteiger partial charge in [-0.05, 0) is 42.9 Å². The van der Waals surface area contributed by atoms with Crippen LogP contribution in [0.3, 0.4) is 0 Å². The fourth-order valence-electron chi connectivity index (χ4n) is 2.02. The molecule has 1 fully saturated rings. The lowest BCUT2D eigenvalue weighted by molar-refractivity contribution is 0.394. The summed E-state index contributed by atoms with van der Waals surface area (Å²) >= 11 is 2.08. The maximum absolute atomic E-state index is 5.11. The van der Waals surface area contributed by atoms with Crippen LogP contribution in [0.1, 0.15) is 18.5 Å². The number of hydrogen-bond donors (Lipinski definition) is 1. The van der Waals surface area contributed by atoms with Crippen molar-refractivity contribution in [1.82, 2.24) is 10.3 Å². The van der Waals surface area contributed by atoms with Crippen molar-refractivity contribution >= 4 is 11.8 Å². The molecule has 0 aliphatic carbocycles. The number of nitrogens with zero attached hydrogens (tertiary/aromatic N) is 1. The molecule has 4 heteroatoms. The molecule has 0 spiro atoms. The Morgan fingerprint density at radius 2 is 2.24 bits per heavy atom. The highest BCUT2D eigenvalue weighted by molar-refractivity contribution is 7.99. The Morgan fingerprint density at radius 3 is 3.00 bits per heavy atom. The highest BCUT2D eigenvalue weighted by atomic mass is 32.2. The van der Waals surface area contributed by atoms with Crippen LogP contribution in [-0.4, -0.2) is 30.1 Å². The lowest BCUT2D eigenvalue weighted by atomic mass is 10.0. The molecule has 0 radical (unpaired) electrons. The van der Waals surface area contributed by atoms with Crippen LogP contribution in [-0.2, 0) is 6.54 Å². The second-order valence-corrected chi connectivity index (χ2v) is 5.58. The zero-order valence-electron chi connectivity index (χ0n) is 10.3. The molecular formula is C13H20N2OS. The van der Waals surface area contributed by atoms with E-state index in [4.69, 9.17) is 4.74 Å². The molecule has 94 valence electrons. The highest BCUT2D eigenvalue weighted by Gasteiger charge is 2.12. The quantitative estimate of drug-likeness (QED) is 0.872. The molecule has 0 bridgehead atoms. The van der Waals surface area contributed by atoms with Gasteiger partial charge in [0.1, 0.15) is 0 Å². The first-order valence-electron chi connectivity index (χ1n) is 6.17. The van der Waals surface area contributed by atoms with E-state index in [1.807, 2.05) is 18.2 Å². The molecule has 0 amide bonds. The number of pyridine rings is 1. The monoisotopic (exact) mass is 252 g/mol. The summed E-state index contributed by atoms with van der Waals surface area (Å²) in [6.07, 6.45) is 2.70. The second-order valence-electron chi connectivity index (χ2n) is 4.36. The summed E-state index contributed by atoms with van der Waals surface area (Å²) in [5.41, 5.74) is 1.05. The summed E-state index contributed by atoms with van der Waals surface area (Å²) < 4.78 is 5.11. The van der Waals surface area contributed by atoms with Gasteiger partial charge in [-0.25, -0.2) is 4.98 Å². The van der Waals surface area contributed by atoms with Gasteiger partial charge in [0.25, 0.3) is 0 Å². The van der Waals surface area contributed by atoms with Crippen molar-refractivity contribution in [1.29, 1.82) is 0 Å². The van der Waals surface area contributed by atoms with Crippen LogP contribution in [0, 0.1) is 5.92 Å². The van der Waals surface area contributed by atoms with E-state index >= 15 is 0 Å². The zero-order chi connectivity index (χ0) is 11.9. The Bertz CT molecular complexity index is 340. The second kappa shape index (κ2) is 6.87. The average Bonchev–Trinajstić information content (AvgIpc) is 2.40. The van der Waals surface area contributed by atoms with Crippen LogP contribution in [0.2, 0.25) is 0 Å². The number of methoxy groups -OCH3 is 1. The first-order valence-corrected chi connectivity index (χ1v) is 7.32. The molecule has 0 unspecified atom stereocenters. The molecular weight excluding hydrogens is 232 g/mol. The average molecular weight is 252 g/mol. The van der Waals surface area contributed by atoms with Crippen molar-refractivity contribution in [2.75, 3.05) is 25.2 Å². The van der Waals surface area contributed by atoms with Crippen LogP contribution in [0.15, 0.2) is 18.2 Å². The molecule has 2 heterocycles. The van der Waals surface area contributed by atoms with Crippen LogP contribution in [0.25, 0.3) is 0 Å². The van der Waals surface area contributed by atoms with Crippen LogP contribution < -0.4 is 10.1 Å². The van der Waals surface area contributed by atoms with E-state index in [9.17, 15) is 0 Å². The number of rotatable bonds is 5. The van der Waals surface area contributed by atoms with Crippen molar-refractivity contribution in [3.63, 3.8) is 0 Å². The van der Waals surface area contributed by atoms with Gasteiger partial charge >= 0.3 is 0 Å². The van der Waals surface area contributed by atoms with Crippen LogP contribution >= 0.6 is 11.8 Å². The highest BCUT2D eigenvalue weighted by Crippen LogP contribution is 2.21. The molecule has 1 aromatic rings. The minimum absolute atomic E-state index is 0.693. The molecule has 1 N–H and O–H groups in total. The third-order valence-corrected chi connectivity index (χ3v) is 4.12. The lowest BCUT2D eigenvalue weighted by Crippen LogP contribution is -2.25. The van der Waals surface area contributed by atoms with Gasteiger partial charge in [-0.2, -0.15) is 11.8 Å². The molecule has 3 nitrogen and oxygen atoms in total. The minimum atomic E-state index is 0.693. The normalized spacial score (nSPS) is 17.0. The Balaban J connectivity index is 1.73. The van der Waals surface area contributed by atoms with Gasteiger partial charge in [0.05, 0.1) is 12.8 Å². The number of nitrogens with one attached hydrogen (secondary N) is 1. The summed E-state index contributed by atoms with van der Waals surface area (Å²) in [4.78, 5) is 4.39. The van der Waals surface area contributed by atoms with E-state index in [1.165, 1.54) is 24.3 Å². The van der Waals surface area contributed by atoms with Crippen LogP contribution in [0.4, 0.5) is 0 Å². The maximum atomic E-state index is 5.11. The van der Waals surface area contributed by atoms with Gasteiger partial charge < -0.3 is 10.1 Å². The fraction of sp³-hybridized carbons (Fsp3) is 0.615. The van der Waals surface area contributed by atoms with Crippen molar-refractivity contribution in [3.05, 3.63) is 23.9 Å². The summed E-state index contributed by atoms with van der Waals surface area (Å²) in [7, 11) is 1.65. The predicted molar refractivity (Wildman–Crippen MR) is 72.5 cm³/mol. The fourth-order valence-corrected chi connectivity index (χ4v) is 3.23. The number of ether oxygens (including phenoxy) is 1. The van der Waals surface area contributed by atoms with E-state index in [0.29, 0.717) is 5.88 Å². The van der Waals surface area contributed by atoms with E-state index in [2.05, 4.69) is 22.1 Å². The van der Waals surface area contributed by atoms with Crippen molar-refractivity contribution < 1.29 is 4.74 Å². The van der Waals surface area contributed by atoms with Gasteiger partial charge in [0, 0.05) is 12.6 Å². The first-order chi connectivity index (χ1) is 8.38. The maximum Gasteiger partial charge on any atom is 0.213 e. The molecule has 17 heavy (non-hydrogen) atoms. The Labute approximate surface area is 107 Å². The molecule has 0 aromatic carbocycles. The van der Waals surface area contributed by atoms with Gasteiger partial charge in [-0.3, -0.25) is 0 Å². The van der Waals surface area contributed by atoms with Gasteiger partial charge in [-0.15, -0.1) is 0 Å². The molecule has 0 saturated carbocycles. The smallest absolute Gasteiger partial charge is 0.213 e. The summed E-state index contributed by atoms with van der Waals surface area (Å²) in [6, 6.07) is 5.90. The van der Waals surface area contributed by atoms with E-state index in [0.717, 1.165) is 24.7 Å². The van der Waals surface area contributed by atoms with E-state index < -0.39 is 0 Å². The van der Waals surface area contributed by atoms with Gasteiger partial charge in [-0.1, -0.05) is 6.07 Å². The van der Waals surface area contributed by atoms with E-state index in [-0.39, 0.29) is 0 Å². The van der Waals surface area contributed by atoms with Crippen molar-refractivity contribution in [3.8, 4) is 5.88 Å². The predicted octanol–water partition coefficient (Wildman–Crippen LogP) is 2.32. The summed E-state index contributed by atoms with van der Waals surface area (Å²) in [5, 5.41) is 3.50. The SMILES string of the molecule is COc1cccc(CNCC2CCSCC2)n1. The molecule has 1 saturated heterocycles. The topological polar surface area (TPSA) is 34.1 Å². The van der Waals surface area contributed by atoms with Crippen molar-refractivity contribution in [2.24, 2.45) is 5.92 Å². The van der Waals surface area contributed by atoms with Gasteiger partial charge in [0.2, 0.25) is 5.88 Å². The lowest BCUT2D eigenvalue weighted by Gasteiger charge is -2.21. The molecule has 1 aliphatic rings. The number of thioether (sulfide) groups is 1. The summed E-state index contributed by atoms with van der Waals surface area (Å²) in [5.74, 6) is 4.19. The third-order valence-electron chi connectivity index (χ3n) is 3.07. The molecule has 2 rings (SSSR count). The largest absolute Gasteiger partial charge is 0.481 e. The van der Waals surface area contributed by atoms with E-state index in [1.54, 1.807) is 7.11 Å². The first kappa shape index (κ1) is 12.7. The molecule has 0 atom stereocenters. The Hall–Kier alpha value is -0.740. The minimum Gasteiger partial charge on any atom is -0.481 e. The van der Waals surface area contributed by atoms with Crippen LogP contribution in [0.5, 0.6) is 5.88 Å². The Kier molecular flexibility index (Phi) is 5.13. The zero-order valence-corrected chi connectivity index (χ0v) is 11.1. The number of aromatic nitrogens is 1.